The molecule has 4 rings (SSSR count). The van der Waals surface area contributed by atoms with Crippen LogP contribution in [0.25, 0.3) is 0 Å². The Balaban J connectivity index is 1.95. The van der Waals surface area contributed by atoms with E-state index in [1.165, 1.54) is 24.0 Å². The topological polar surface area (TPSA) is 44.9 Å². The molecule has 2 heterocycles. The second kappa shape index (κ2) is 3.83. The lowest BCUT2D eigenvalue weighted by molar-refractivity contribution is 0.0883. The largest absolute Gasteiger partial charge is 0.326 e. The molecule has 1 aliphatic heterocycles. The smallest absolute Gasteiger partial charge is 0.248 e. The molecule has 2 aliphatic carbocycles. The van der Waals surface area contributed by atoms with Gasteiger partial charge in [0.1, 0.15) is 0 Å². The number of piperidine rings is 1. The Bertz CT molecular complexity index is 615. The van der Waals surface area contributed by atoms with Crippen molar-refractivity contribution in [1.82, 2.24) is 10.3 Å². The summed E-state index contributed by atoms with van der Waals surface area (Å²) in [6.07, 6.45) is 7.11. The van der Waals surface area contributed by atoms with Gasteiger partial charge in [0.25, 0.3) is 0 Å². The van der Waals surface area contributed by atoms with Gasteiger partial charge in [-0.05, 0) is 62.6 Å². The molecule has 3 nitrogen and oxygen atoms in total. The van der Waals surface area contributed by atoms with Crippen molar-refractivity contribution in [3.8, 4) is 0 Å². The Morgan fingerprint density at radius 1 is 1.37 bits per heavy atom. The normalized spacial score (nSPS) is 36.2. The molecule has 0 spiro atoms. The maximum Gasteiger partial charge on any atom is 0.248 e. The van der Waals surface area contributed by atoms with Crippen molar-refractivity contribution < 1.29 is 0 Å². The van der Waals surface area contributed by atoms with E-state index >= 15 is 0 Å². The second-order valence-electron chi connectivity index (χ2n) is 6.42. The number of fused-ring (bicyclic) bond motifs is 1. The van der Waals surface area contributed by atoms with E-state index in [2.05, 4.69) is 29.4 Å². The van der Waals surface area contributed by atoms with Crippen LogP contribution < -0.4 is 10.9 Å². The zero-order chi connectivity index (χ0) is 13.0. The molecular formula is C16H20N2O. The van der Waals surface area contributed by atoms with Crippen LogP contribution in [-0.2, 0) is 12.0 Å². The minimum absolute atomic E-state index is 0.0307. The molecule has 100 valence electrons. The van der Waals surface area contributed by atoms with Crippen LogP contribution in [0.15, 0.2) is 28.6 Å². The fraction of sp³-hybridized carbons (Fsp3) is 0.562. The first-order valence-electron chi connectivity index (χ1n) is 7.34. The number of H-pyrrole nitrogens is 1. The summed E-state index contributed by atoms with van der Waals surface area (Å²) in [5.74, 6) is 1.29. The predicted octanol–water partition coefficient (Wildman–Crippen LogP) is 2.09. The van der Waals surface area contributed by atoms with Crippen molar-refractivity contribution >= 4 is 0 Å². The summed E-state index contributed by atoms with van der Waals surface area (Å²) < 4.78 is 0. The number of hydrogen-bond donors (Lipinski definition) is 2. The van der Waals surface area contributed by atoms with Gasteiger partial charge in [-0.1, -0.05) is 11.6 Å². The molecule has 3 atom stereocenters. The molecule has 1 fully saturated rings. The fourth-order valence-electron chi connectivity index (χ4n) is 4.69. The average Bonchev–Trinajstić information content (AvgIpc) is 2.37. The van der Waals surface area contributed by atoms with Crippen molar-refractivity contribution in [1.29, 1.82) is 0 Å². The zero-order valence-corrected chi connectivity index (χ0v) is 11.3. The van der Waals surface area contributed by atoms with Gasteiger partial charge in [-0.25, -0.2) is 0 Å². The van der Waals surface area contributed by atoms with Crippen LogP contribution in [0.4, 0.5) is 0 Å². The van der Waals surface area contributed by atoms with Gasteiger partial charge in [0.15, 0.2) is 0 Å². The fourth-order valence-corrected chi connectivity index (χ4v) is 4.69. The highest BCUT2D eigenvalue weighted by atomic mass is 16.1. The number of hydrogen-bond acceptors (Lipinski definition) is 2. The molecule has 3 heteroatoms. The average molecular weight is 256 g/mol. The summed E-state index contributed by atoms with van der Waals surface area (Å²) in [4.78, 5) is 14.7. The van der Waals surface area contributed by atoms with Crippen molar-refractivity contribution in [2.45, 2.75) is 38.1 Å². The predicted molar refractivity (Wildman–Crippen MR) is 75.0 cm³/mol. The molecule has 3 aliphatic rings. The van der Waals surface area contributed by atoms with E-state index in [-0.39, 0.29) is 11.1 Å². The number of pyridine rings is 1. The quantitative estimate of drug-likeness (QED) is 0.698. The van der Waals surface area contributed by atoms with E-state index in [1.807, 2.05) is 0 Å². The van der Waals surface area contributed by atoms with E-state index in [9.17, 15) is 4.79 Å². The van der Waals surface area contributed by atoms with Crippen molar-refractivity contribution in [3.63, 3.8) is 0 Å². The molecule has 2 bridgehead atoms. The number of aromatic amines is 1. The van der Waals surface area contributed by atoms with Gasteiger partial charge in [-0.2, -0.15) is 0 Å². The highest BCUT2D eigenvalue weighted by molar-refractivity contribution is 5.39. The van der Waals surface area contributed by atoms with Crippen LogP contribution >= 0.6 is 0 Å². The Morgan fingerprint density at radius 2 is 2.26 bits per heavy atom. The first-order valence-corrected chi connectivity index (χ1v) is 7.34. The van der Waals surface area contributed by atoms with E-state index in [0.29, 0.717) is 11.8 Å². The van der Waals surface area contributed by atoms with E-state index in [1.54, 1.807) is 6.07 Å². The molecular weight excluding hydrogens is 236 g/mol. The molecule has 0 amide bonds. The highest BCUT2D eigenvalue weighted by Gasteiger charge is 2.51. The van der Waals surface area contributed by atoms with E-state index in [0.717, 1.165) is 25.1 Å². The van der Waals surface area contributed by atoms with Crippen LogP contribution in [0.5, 0.6) is 0 Å². The third kappa shape index (κ3) is 1.51. The summed E-state index contributed by atoms with van der Waals surface area (Å²) in [6, 6.07) is 3.75. The lowest BCUT2D eigenvalue weighted by Crippen LogP contribution is -2.58. The lowest BCUT2D eigenvalue weighted by atomic mass is 9.57. The highest BCUT2D eigenvalue weighted by Crippen LogP contribution is 2.52. The summed E-state index contributed by atoms with van der Waals surface area (Å²) in [5.41, 5.74) is 4.11. The lowest BCUT2D eigenvalue weighted by Gasteiger charge is -2.54. The molecule has 19 heavy (non-hydrogen) atoms. The Hall–Kier alpha value is -1.35. The summed E-state index contributed by atoms with van der Waals surface area (Å²) in [6.45, 7) is 3.34. The summed E-state index contributed by atoms with van der Waals surface area (Å²) in [7, 11) is 0. The number of rotatable bonds is 0. The SMILES string of the molecule is CC1=CC2Cc3[nH]c(=O)ccc3C3(C1)NCCCC23. The molecule has 1 aromatic rings. The van der Waals surface area contributed by atoms with Gasteiger partial charge < -0.3 is 10.3 Å². The number of aromatic nitrogens is 1. The van der Waals surface area contributed by atoms with Crippen LogP contribution in [0, 0.1) is 11.8 Å². The van der Waals surface area contributed by atoms with Crippen LogP contribution in [0.1, 0.15) is 37.4 Å². The minimum atomic E-state index is 0.0307. The van der Waals surface area contributed by atoms with Gasteiger partial charge >= 0.3 is 0 Å². The Labute approximate surface area is 113 Å². The molecule has 0 aromatic carbocycles. The van der Waals surface area contributed by atoms with E-state index in [4.69, 9.17) is 0 Å². The summed E-state index contributed by atoms with van der Waals surface area (Å²) in [5, 5.41) is 3.81. The van der Waals surface area contributed by atoms with Gasteiger partial charge in [0.05, 0.1) is 5.54 Å². The molecule has 0 saturated carbocycles. The third-order valence-corrected chi connectivity index (χ3v) is 5.26. The third-order valence-electron chi connectivity index (χ3n) is 5.26. The molecule has 3 unspecified atom stereocenters. The van der Waals surface area contributed by atoms with Gasteiger partial charge in [-0.3, -0.25) is 4.79 Å². The molecule has 1 saturated heterocycles. The first-order chi connectivity index (χ1) is 9.19. The van der Waals surface area contributed by atoms with Gasteiger partial charge in [0.2, 0.25) is 5.56 Å². The van der Waals surface area contributed by atoms with Crippen LogP contribution in [0.3, 0.4) is 0 Å². The monoisotopic (exact) mass is 256 g/mol. The zero-order valence-electron chi connectivity index (χ0n) is 11.3. The van der Waals surface area contributed by atoms with E-state index < -0.39 is 0 Å². The number of nitrogens with one attached hydrogen (secondary N) is 2. The van der Waals surface area contributed by atoms with Gasteiger partial charge in [0, 0.05) is 11.8 Å². The first kappa shape index (κ1) is 11.5. The number of allylic oxidation sites excluding steroid dienone is 1. The van der Waals surface area contributed by atoms with Crippen molar-refractivity contribution in [2.24, 2.45) is 11.8 Å². The maximum absolute atomic E-state index is 11.6. The molecule has 0 radical (unpaired) electrons. The molecule has 2 N–H and O–H groups in total. The second-order valence-corrected chi connectivity index (χ2v) is 6.42. The van der Waals surface area contributed by atoms with Crippen LogP contribution in [0.2, 0.25) is 0 Å². The minimum Gasteiger partial charge on any atom is -0.326 e. The van der Waals surface area contributed by atoms with Crippen LogP contribution in [-0.4, -0.2) is 11.5 Å². The van der Waals surface area contributed by atoms with Gasteiger partial charge in [-0.15, -0.1) is 0 Å². The maximum atomic E-state index is 11.6. The Morgan fingerprint density at radius 3 is 3.16 bits per heavy atom. The summed E-state index contributed by atoms with van der Waals surface area (Å²) >= 11 is 0. The molecule has 1 aromatic heterocycles. The van der Waals surface area contributed by atoms with Crippen molar-refractivity contribution in [3.05, 3.63) is 45.4 Å². The standard InChI is InChI=1S/C16H20N2O/c1-10-7-11-8-14-13(4-5-15(19)18-14)16(9-10)12(11)3-2-6-17-16/h4-5,7,11-12,17H,2-3,6,8-9H2,1H3,(H,18,19). The van der Waals surface area contributed by atoms with Crippen molar-refractivity contribution in [2.75, 3.05) is 6.54 Å². The Kier molecular flexibility index (Phi) is 2.31.